The van der Waals surface area contributed by atoms with Gasteiger partial charge in [0.25, 0.3) is 0 Å². The van der Waals surface area contributed by atoms with Crippen molar-refractivity contribution >= 4 is 0 Å². The Morgan fingerprint density at radius 1 is 0.364 bits per heavy atom. The Morgan fingerprint density at radius 2 is 0.682 bits per heavy atom. The zero-order chi connectivity index (χ0) is 15.3. The lowest BCUT2D eigenvalue weighted by atomic mass is 9.98. The first-order valence-corrected chi connectivity index (χ1v) is 7.68. The highest BCUT2D eigenvalue weighted by Gasteiger charge is 2.01. The third-order valence-electron chi connectivity index (χ3n) is 3.29. The van der Waals surface area contributed by atoms with Gasteiger partial charge in [-0.15, -0.1) is 0 Å². The van der Waals surface area contributed by atoms with Gasteiger partial charge in [-0.1, -0.05) is 109 Å². The number of hydrogen-bond acceptors (Lipinski definition) is 0. The largest absolute Gasteiger partial charge is 0.0801 e. The maximum absolute atomic E-state index is 2.21. The van der Waals surface area contributed by atoms with Crippen LogP contribution in [-0.2, 0) is 0 Å². The zero-order valence-corrected chi connectivity index (χ0v) is 12.8. The average Bonchev–Trinajstić information content (AvgIpc) is 2.64. The summed E-state index contributed by atoms with van der Waals surface area (Å²) < 4.78 is 0. The summed E-state index contributed by atoms with van der Waals surface area (Å²) in [5, 5.41) is 0. The van der Waals surface area contributed by atoms with Gasteiger partial charge in [0.1, 0.15) is 0 Å². The second-order valence-electron chi connectivity index (χ2n) is 4.96. The summed E-state index contributed by atoms with van der Waals surface area (Å²) >= 11 is 0. The predicted molar refractivity (Wildman–Crippen MR) is 98.5 cm³/mol. The lowest BCUT2D eigenvalue weighted by Crippen LogP contribution is -1.88. The SMILES string of the molecule is C1=CC=CC=C(C2=CC=CC=CC=CC=CC2)CC=CC=C1. The Balaban J connectivity index is 2.27. The van der Waals surface area contributed by atoms with Gasteiger partial charge in [0.05, 0.1) is 0 Å². The maximum Gasteiger partial charge on any atom is -0.00915 e. The monoisotopic (exact) mass is 286 g/mol. The molecule has 0 aromatic heterocycles. The van der Waals surface area contributed by atoms with Crippen molar-refractivity contribution in [2.75, 3.05) is 0 Å². The molecule has 0 heteroatoms. The van der Waals surface area contributed by atoms with E-state index in [1.807, 2.05) is 36.5 Å². The Labute approximate surface area is 133 Å². The van der Waals surface area contributed by atoms with Crippen LogP contribution in [0.2, 0.25) is 0 Å². The Morgan fingerprint density at radius 3 is 1.09 bits per heavy atom. The molecule has 0 heterocycles. The van der Waals surface area contributed by atoms with Crippen molar-refractivity contribution in [3.8, 4) is 0 Å². The summed E-state index contributed by atoms with van der Waals surface area (Å²) in [6, 6.07) is 0. The minimum Gasteiger partial charge on any atom is -0.0801 e. The van der Waals surface area contributed by atoms with Crippen LogP contribution >= 0.6 is 0 Å². The molecule has 0 unspecified atom stereocenters. The molecule has 0 fully saturated rings. The molecule has 2 aliphatic rings. The molecule has 2 aliphatic carbocycles. The summed E-state index contributed by atoms with van der Waals surface area (Å²) in [4.78, 5) is 0. The lowest BCUT2D eigenvalue weighted by molar-refractivity contribution is 1.14. The van der Waals surface area contributed by atoms with Crippen LogP contribution < -0.4 is 0 Å². The lowest BCUT2D eigenvalue weighted by Gasteiger charge is -2.08. The molecule has 0 saturated carbocycles. The van der Waals surface area contributed by atoms with Crippen molar-refractivity contribution in [3.63, 3.8) is 0 Å². The topological polar surface area (TPSA) is 0 Å². The highest BCUT2D eigenvalue weighted by Crippen LogP contribution is 2.20. The smallest absolute Gasteiger partial charge is 0.00915 e. The van der Waals surface area contributed by atoms with E-state index >= 15 is 0 Å². The van der Waals surface area contributed by atoms with Crippen molar-refractivity contribution in [1.82, 2.24) is 0 Å². The van der Waals surface area contributed by atoms with Crippen LogP contribution in [0.1, 0.15) is 12.8 Å². The van der Waals surface area contributed by atoms with E-state index in [1.54, 1.807) is 0 Å². The third kappa shape index (κ3) is 6.23. The van der Waals surface area contributed by atoms with Gasteiger partial charge in [-0.05, 0) is 24.0 Å². The first-order valence-electron chi connectivity index (χ1n) is 7.68. The van der Waals surface area contributed by atoms with Crippen LogP contribution in [0.4, 0.5) is 0 Å². The molecule has 0 aromatic rings. The predicted octanol–water partition coefficient (Wildman–Crippen LogP) is 6.10. The van der Waals surface area contributed by atoms with Gasteiger partial charge in [0.2, 0.25) is 0 Å². The van der Waals surface area contributed by atoms with Gasteiger partial charge in [-0.3, -0.25) is 0 Å². The fourth-order valence-corrected chi connectivity index (χ4v) is 2.14. The Hall–Kier alpha value is -2.60. The quantitative estimate of drug-likeness (QED) is 0.546. The molecule has 0 radical (unpaired) electrons. The highest BCUT2D eigenvalue weighted by molar-refractivity contribution is 5.40. The van der Waals surface area contributed by atoms with Gasteiger partial charge in [-0.25, -0.2) is 0 Å². The van der Waals surface area contributed by atoms with Crippen LogP contribution in [0.25, 0.3) is 0 Å². The van der Waals surface area contributed by atoms with E-state index in [2.05, 4.69) is 72.9 Å². The number of allylic oxidation sites excluding steroid dienone is 20. The molecule has 0 atom stereocenters. The minimum absolute atomic E-state index is 0.938. The molecule has 0 nitrogen and oxygen atoms in total. The van der Waals surface area contributed by atoms with Gasteiger partial charge < -0.3 is 0 Å². The second kappa shape index (κ2) is 10.2. The highest BCUT2D eigenvalue weighted by atomic mass is 14.1. The maximum atomic E-state index is 2.21. The van der Waals surface area contributed by atoms with E-state index in [1.165, 1.54) is 11.1 Å². The third-order valence-corrected chi connectivity index (χ3v) is 3.29. The van der Waals surface area contributed by atoms with Crippen LogP contribution in [0.5, 0.6) is 0 Å². The molecular weight excluding hydrogens is 264 g/mol. The zero-order valence-electron chi connectivity index (χ0n) is 12.8. The van der Waals surface area contributed by atoms with Crippen LogP contribution in [0.15, 0.2) is 121 Å². The van der Waals surface area contributed by atoms with Crippen LogP contribution in [-0.4, -0.2) is 0 Å². The summed E-state index contributed by atoms with van der Waals surface area (Å²) in [5.74, 6) is 0. The average molecular weight is 286 g/mol. The van der Waals surface area contributed by atoms with Crippen molar-refractivity contribution in [2.45, 2.75) is 12.8 Å². The standard InChI is InChI=1S/C22H22/c1-2-6-10-14-18-21(17-13-9-5-1)22-19-15-11-7-3-4-8-12-16-20-22/h1-17,19H,18,20H2. The molecule has 0 aliphatic heterocycles. The van der Waals surface area contributed by atoms with E-state index in [4.69, 9.17) is 0 Å². The second-order valence-corrected chi connectivity index (χ2v) is 4.96. The van der Waals surface area contributed by atoms with Crippen molar-refractivity contribution in [1.29, 1.82) is 0 Å². The molecule has 0 amide bonds. The molecule has 0 N–H and O–H groups in total. The molecule has 22 heavy (non-hydrogen) atoms. The van der Waals surface area contributed by atoms with Gasteiger partial charge in [0.15, 0.2) is 0 Å². The van der Waals surface area contributed by atoms with Gasteiger partial charge in [-0.2, -0.15) is 0 Å². The minimum atomic E-state index is 0.938. The van der Waals surface area contributed by atoms with Crippen molar-refractivity contribution in [2.24, 2.45) is 0 Å². The van der Waals surface area contributed by atoms with E-state index in [9.17, 15) is 0 Å². The Bertz CT molecular complexity index is 578. The van der Waals surface area contributed by atoms with Gasteiger partial charge in [0, 0.05) is 0 Å². The van der Waals surface area contributed by atoms with E-state index in [0.717, 1.165) is 12.8 Å². The molecule has 0 spiro atoms. The molecule has 0 aromatic carbocycles. The number of hydrogen-bond donors (Lipinski definition) is 0. The first kappa shape index (κ1) is 15.8. The summed E-state index contributed by atoms with van der Waals surface area (Å²) in [5.41, 5.74) is 2.69. The first-order chi connectivity index (χ1) is 11.0. The fraction of sp³-hybridized carbons (Fsp3) is 0.0909. The normalized spacial score (nSPS) is 18.5. The molecule has 0 bridgehead atoms. The molecule has 110 valence electrons. The van der Waals surface area contributed by atoms with E-state index in [-0.39, 0.29) is 0 Å². The van der Waals surface area contributed by atoms with E-state index < -0.39 is 0 Å². The van der Waals surface area contributed by atoms with Crippen molar-refractivity contribution in [3.05, 3.63) is 121 Å². The van der Waals surface area contributed by atoms with Crippen LogP contribution in [0.3, 0.4) is 0 Å². The summed E-state index contributed by atoms with van der Waals surface area (Å²) in [6.45, 7) is 0. The fourth-order valence-electron chi connectivity index (χ4n) is 2.14. The van der Waals surface area contributed by atoms with Crippen LogP contribution in [0, 0.1) is 0 Å². The summed E-state index contributed by atoms with van der Waals surface area (Å²) in [6.07, 6.45) is 39.6. The number of rotatable bonds is 1. The molecule has 0 saturated heterocycles. The molecular formula is C22H22. The Kier molecular flexibility index (Phi) is 7.30. The van der Waals surface area contributed by atoms with Crippen molar-refractivity contribution < 1.29 is 0 Å². The summed E-state index contributed by atoms with van der Waals surface area (Å²) in [7, 11) is 0. The van der Waals surface area contributed by atoms with Gasteiger partial charge >= 0.3 is 0 Å². The molecule has 2 rings (SSSR count). The van der Waals surface area contributed by atoms with E-state index in [0.29, 0.717) is 0 Å².